The van der Waals surface area contributed by atoms with Crippen LogP contribution in [0.25, 0.3) is 11.3 Å². The number of nitrogens with two attached hydrogens (primary N) is 1. The first-order chi connectivity index (χ1) is 28.6. The number of anilines is 4. The number of phenols is 1. The molecule has 3 aromatic heterocycles. The molecule has 3 atom stereocenters. The zero-order chi connectivity index (χ0) is 40.6. The van der Waals surface area contributed by atoms with Crippen LogP contribution in [0.4, 0.5) is 23.0 Å². The Morgan fingerprint density at radius 1 is 0.898 bits per heavy atom. The molecule has 15 heteroatoms. The van der Waals surface area contributed by atoms with Gasteiger partial charge in [0.05, 0.1) is 23.6 Å². The van der Waals surface area contributed by atoms with Gasteiger partial charge < -0.3 is 49.5 Å². The van der Waals surface area contributed by atoms with Crippen LogP contribution < -0.4 is 25.2 Å². The van der Waals surface area contributed by atoms with E-state index >= 15 is 0 Å². The number of fused-ring (bicyclic) bond motifs is 2. The molecule has 4 aromatic rings. The van der Waals surface area contributed by atoms with Crippen molar-refractivity contribution in [2.75, 3.05) is 66.2 Å². The van der Waals surface area contributed by atoms with Crippen LogP contribution in [0, 0.1) is 11.8 Å². The lowest BCUT2D eigenvalue weighted by Crippen LogP contribution is -2.54. The minimum absolute atomic E-state index is 0.0655. The number of pyridine rings is 1. The first-order valence-electron chi connectivity index (χ1n) is 21.5. The van der Waals surface area contributed by atoms with Crippen molar-refractivity contribution in [3.63, 3.8) is 0 Å². The molecule has 7 heterocycles. The van der Waals surface area contributed by atoms with E-state index < -0.39 is 11.9 Å². The van der Waals surface area contributed by atoms with Crippen molar-refractivity contribution < 1.29 is 29.0 Å². The second-order valence-corrected chi connectivity index (χ2v) is 17.6. The van der Waals surface area contributed by atoms with Crippen LogP contribution in [0.5, 0.6) is 11.6 Å². The Balaban J connectivity index is 0.701. The summed E-state index contributed by atoms with van der Waals surface area (Å²) in [6, 6.07) is 15.8. The maximum absolute atomic E-state index is 11.7. The molecule has 1 saturated carbocycles. The van der Waals surface area contributed by atoms with Crippen LogP contribution in [-0.2, 0) is 9.53 Å². The fraction of sp³-hybridized carbons (Fsp3) is 0.568. The number of aliphatic carboxylic acids is 1. The summed E-state index contributed by atoms with van der Waals surface area (Å²) in [5.74, 6) is 1.45. The number of ether oxygens (including phenoxy) is 2. The van der Waals surface area contributed by atoms with Gasteiger partial charge in [0.2, 0.25) is 5.88 Å². The Labute approximate surface area is 345 Å². The Hall–Kier alpha value is -5.15. The third kappa shape index (κ3) is 8.49. The molecule has 4 N–H and O–H groups in total. The van der Waals surface area contributed by atoms with Gasteiger partial charge in [-0.15, -0.1) is 10.2 Å². The third-order valence-electron chi connectivity index (χ3n) is 13.3. The number of piperazine rings is 1. The van der Waals surface area contributed by atoms with Crippen molar-refractivity contribution in [1.29, 1.82) is 0 Å². The summed E-state index contributed by atoms with van der Waals surface area (Å²) >= 11 is 0. The van der Waals surface area contributed by atoms with Crippen molar-refractivity contribution >= 4 is 29.0 Å². The zero-order valence-corrected chi connectivity index (χ0v) is 34.1. The average molecular weight is 808 g/mol. The van der Waals surface area contributed by atoms with Gasteiger partial charge in [-0.25, -0.2) is 4.98 Å². The van der Waals surface area contributed by atoms with E-state index in [9.17, 15) is 15.0 Å². The summed E-state index contributed by atoms with van der Waals surface area (Å²) in [4.78, 5) is 26.0. The summed E-state index contributed by atoms with van der Waals surface area (Å²) in [5.41, 5.74) is 9.61. The maximum atomic E-state index is 11.7. The molecule has 59 heavy (non-hydrogen) atoms. The van der Waals surface area contributed by atoms with Crippen LogP contribution in [0.2, 0.25) is 0 Å². The number of para-hydroxylation sites is 1. The Bertz CT molecular complexity index is 2060. The molecule has 0 spiro atoms. The molecule has 314 valence electrons. The number of benzene rings is 1. The molecular formula is C44H57N9O6. The number of nitrogen functional groups attached to an aromatic ring is 1. The second kappa shape index (κ2) is 16.8. The Kier molecular flexibility index (Phi) is 11.2. The highest BCUT2D eigenvalue weighted by atomic mass is 16.5. The monoisotopic (exact) mass is 807 g/mol. The van der Waals surface area contributed by atoms with Gasteiger partial charge in [0.25, 0.3) is 0 Å². The fourth-order valence-electron chi connectivity index (χ4n) is 10.0. The molecule has 9 rings (SSSR count). The van der Waals surface area contributed by atoms with Gasteiger partial charge in [0.1, 0.15) is 17.8 Å². The predicted octanol–water partition coefficient (Wildman–Crippen LogP) is 5.80. The predicted molar refractivity (Wildman–Crippen MR) is 224 cm³/mol. The molecule has 1 aromatic carbocycles. The first kappa shape index (κ1) is 39.3. The summed E-state index contributed by atoms with van der Waals surface area (Å²) in [7, 11) is 0. The number of hydrogen-bond acceptors (Lipinski definition) is 14. The normalized spacial score (nSPS) is 24.7. The quantitative estimate of drug-likeness (QED) is 0.147. The molecule has 15 nitrogen and oxygen atoms in total. The summed E-state index contributed by atoms with van der Waals surface area (Å²) < 4.78 is 18.5. The number of aromatic hydroxyl groups is 1. The van der Waals surface area contributed by atoms with E-state index in [4.69, 9.17) is 19.7 Å². The minimum atomic E-state index is -0.874. The van der Waals surface area contributed by atoms with Crippen LogP contribution in [-0.4, -0.2) is 118 Å². The molecule has 1 aliphatic carbocycles. The molecule has 4 aliphatic heterocycles. The summed E-state index contributed by atoms with van der Waals surface area (Å²) in [6.07, 6.45) is 10.8. The first-order valence-corrected chi connectivity index (χ1v) is 21.5. The number of hydrogen-bond donors (Lipinski definition) is 3. The van der Waals surface area contributed by atoms with Gasteiger partial charge in [-0.2, -0.15) is 0 Å². The van der Waals surface area contributed by atoms with Gasteiger partial charge in [0.15, 0.2) is 17.4 Å². The Morgan fingerprint density at radius 3 is 2.36 bits per heavy atom. The highest BCUT2D eigenvalue weighted by Gasteiger charge is 2.41. The van der Waals surface area contributed by atoms with Crippen molar-refractivity contribution in [1.82, 2.24) is 25.2 Å². The molecular weight excluding hydrogens is 751 g/mol. The summed E-state index contributed by atoms with van der Waals surface area (Å²) in [5, 5.41) is 32.8. The SMILES string of the molecule is CC(C)C(C(=O)O)c1cc(N2CCC(CN3CCC(OC4CC(Oc5cc(N6C7CCC6CN(c6cc(-c8ccccc8O)nnc6N)C7)ccn5)C4)CC3)CC2)no1. The maximum Gasteiger partial charge on any atom is 0.314 e. The zero-order valence-electron chi connectivity index (χ0n) is 34.1. The number of carboxylic acid groups (broad SMARTS) is 1. The number of phenolic OH excluding ortho intramolecular Hbond substituents is 1. The molecule has 0 radical (unpaired) electrons. The van der Waals surface area contributed by atoms with E-state index in [1.807, 2.05) is 44.3 Å². The van der Waals surface area contributed by atoms with E-state index in [1.165, 1.54) is 0 Å². The van der Waals surface area contributed by atoms with E-state index in [0.29, 0.717) is 52.8 Å². The van der Waals surface area contributed by atoms with Crippen molar-refractivity contribution in [2.24, 2.45) is 11.8 Å². The number of carbonyl (C=O) groups is 1. The lowest BCUT2D eigenvalue weighted by Gasteiger charge is -2.43. The number of piperidine rings is 2. The smallest absolute Gasteiger partial charge is 0.314 e. The van der Waals surface area contributed by atoms with E-state index in [0.717, 1.165) is 114 Å². The third-order valence-corrected chi connectivity index (χ3v) is 13.3. The molecule has 5 aliphatic rings. The topological polar surface area (TPSA) is 180 Å². The molecule has 3 unspecified atom stereocenters. The number of nitrogens with zero attached hydrogens (tertiary/aromatic N) is 8. The van der Waals surface area contributed by atoms with E-state index in [-0.39, 0.29) is 23.9 Å². The molecule has 5 fully saturated rings. The average Bonchev–Trinajstić information content (AvgIpc) is 3.79. The van der Waals surface area contributed by atoms with Gasteiger partial charge in [-0.3, -0.25) is 4.79 Å². The number of rotatable bonds is 13. The van der Waals surface area contributed by atoms with Gasteiger partial charge in [0, 0.05) is 100 Å². The second-order valence-electron chi connectivity index (χ2n) is 17.6. The lowest BCUT2D eigenvalue weighted by atomic mass is 9.91. The van der Waals surface area contributed by atoms with Crippen molar-refractivity contribution in [3.8, 4) is 22.9 Å². The molecule has 2 bridgehead atoms. The largest absolute Gasteiger partial charge is 0.507 e. The molecule has 4 saturated heterocycles. The summed E-state index contributed by atoms with van der Waals surface area (Å²) in [6.45, 7) is 10.5. The van der Waals surface area contributed by atoms with Crippen LogP contribution in [0.1, 0.15) is 76.9 Å². The van der Waals surface area contributed by atoms with Crippen molar-refractivity contribution in [3.05, 3.63) is 60.5 Å². The molecule has 0 amide bonds. The number of carboxylic acids is 1. The lowest BCUT2D eigenvalue weighted by molar-refractivity contribution is -0.140. The van der Waals surface area contributed by atoms with Crippen LogP contribution >= 0.6 is 0 Å². The van der Waals surface area contributed by atoms with Gasteiger partial charge >= 0.3 is 5.97 Å². The van der Waals surface area contributed by atoms with E-state index in [1.54, 1.807) is 12.1 Å². The van der Waals surface area contributed by atoms with E-state index in [2.05, 4.69) is 52.1 Å². The Morgan fingerprint density at radius 2 is 1.64 bits per heavy atom. The number of aromatic nitrogens is 4. The van der Waals surface area contributed by atoms with Gasteiger partial charge in [-0.1, -0.05) is 31.1 Å². The minimum Gasteiger partial charge on any atom is -0.507 e. The highest BCUT2D eigenvalue weighted by Crippen LogP contribution is 2.40. The highest BCUT2D eigenvalue weighted by molar-refractivity contribution is 5.76. The fourth-order valence-corrected chi connectivity index (χ4v) is 10.0. The standard InChI is InChI=1S/C44H57N9O6/c1-27(2)42(44(55)56)39-23-40(49-59-39)51-17-10-28(11-18-51)24-50-15-12-32(13-16-50)57-33-20-34(21-33)58-41-19-29(9-14-46-41)53-30-7-8-31(53)26-52(25-30)37-22-36(47-48-43(37)45)35-5-3-4-6-38(35)54/h3-6,9,14,19,22-23,27-28,30-34,42,54H,7-8,10-13,15-18,20-21,24-26H2,1-2H3,(H2,45,48)(H,55,56). The number of likely N-dealkylation sites (tertiary alicyclic amines) is 1. The van der Waals surface area contributed by atoms with Crippen LogP contribution in [0.15, 0.2) is 59.3 Å². The van der Waals surface area contributed by atoms with Crippen molar-refractivity contribution in [2.45, 2.75) is 102 Å². The van der Waals surface area contributed by atoms with Gasteiger partial charge in [-0.05, 0) is 74.6 Å². The van der Waals surface area contributed by atoms with Crippen LogP contribution in [0.3, 0.4) is 0 Å².